The normalized spacial score (nSPS) is 18.1. The van der Waals surface area contributed by atoms with Crippen LogP contribution >= 0.6 is 11.6 Å². The maximum absolute atomic E-state index is 11.9. The lowest BCUT2D eigenvalue weighted by Crippen LogP contribution is -2.62. The van der Waals surface area contributed by atoms with Crippen molar-refractivity contribution in [3.05, 3.63) is 28.8 Å². The van der Waals surface area contributed by atoms with Crippen LogP contribution < -0.4 is 10.2 Å². The van der Waals surface area contributed by atoms with Crippen LogP contribution in [0.1, 0.15) is 24.2 Å². The molecule has 0 radical (unpaired) electrons. The summed E-state index contributed by atoms with van der Waals surface area (Å²) < 4.78 is 0. The van der Waals surface area contributed by atoms with E-state index in [9.17, 15) is 14.7 Å². The number of benzene rings is 1. The van der Waals surface area contributed by atoms with Crippen molar-refractivity contribution in [2.75, 3.05) is 18.0 Å². The van der Waals surface area contributed by atoms with E-state index in [2.05, 4.69) is 5.32 Å². The average molecular weight is 283 g/mol. The van der Waals surface area contributed by atoms with Crippen LogP contribution in [0.25, 0.3) is 0 Å². The Morgan fingerprint density at radius 3 is 2.79 bits per heavy atom. The Labute approximate surface area is 116 Å². The van der Waals surface area contributed by atoms with Crippen molar-refractivity contribution in [1.29, 1.82) is 0 Å². The van der Waals surface area contributed by atoms with Crippen molar-refractivity contribution in [2.24, 2.45) is 0 Å². The highest BCUT2D eigenvalue weighted by atomic mass is 35.5. The molecule has 0 aromatic heterocycles. The van der Waals surface area contributed by atoms with Gasteiger partial charge in [-0.3, -0.25) is 4.79 Å². The minimum atomic E-state index is -1.06. The van der Waals surface area contributed by atoms with Crippen LogP contribution in [-0.2, 0) is 4.79 Å². The highest BCUT2D eigenvalue weighted by Crippen LogP contribution is 2.31. The van der Waals surface area contributed by atoms with Gasteiger partial charge >= 0.3 is 5.97 Å². The van der Waals surface area contributed by atoms with E-state index in [0.717, 1.165) is 0 Å². The van der Waals surface area contributed by atoms with Crippen molar-refractivity contribution < 1.29 is 14.7 Å². The number of halogens is 1. The summed E-state index contributed by atoms with van der Waals surface area (Å²) >= 11 is 5.84. The molecule has 1 saturated heterocycles. The fourth-order valence-corrected chi connectivity index (χ4v) is 2.41. The van der Waals surface area contributed by atoms with E-state index in [0.29, 0.717) is 23.8 Å². The van der Waals surface area contributed by atoms with E-state index in [1.54, 1.807) is 30.9 Å². The topological polar surface area (TPSA) is 69.6 Å². The standard InChI is InChI=1S/C13H15ClN2O3/c1-13(2)12(19)15-5-6-16(13)10-4-3-8(14)7-9(10)11(17)18/h3-4,7H,5-6H2,1-2H3,(H,15,19)(H,17,18). The van der Waals surface area contributed by atoms with E-state index < -0.39 is 11.5 Å². The van der Waals surface area contributed by atoms with Gasteiger partial charge in [-0.1, -0.05) is 11.6 Å². The molecular formula is C13H15ClN2O3. The molecule has 1 aromatic carbocycles. The monoisotopic (exact) mass is 282 g/mol. The largest absolute Gasteiger partial charge is 0.478 e. The summed E-state index contributed by atoms with van der Waals surface area (Å²) in [5.74, 6) is -1.18. The molecule has 5 nitrogen and oxygen atoms in total. The minimum absolute atomic E-state index is 0.107. The molecule has 102 valence electrons. The summed E-state index contributed by atoms with van der Waals surface area (Å²) in [6.45, 7) is 4.58. The van der Waals surface area contributed by atoms with Gasteiger partial charge in [-0.2, -0.15) is 0 Å². The van der Waals surface area contributed by atoms with Gasteiger partial charge in [-0.15, -0.1) is 0 Å². The SMILES string of the molecule is CC1(C)C(=O)NCCN1c1ccc(Cl)cc1C(=O)O. The first-order valence-corrected chi connectivity index (χ1v) is 6.30. The Kier molecular flexibility index (Phi) is 3.41. The zero-order valence-electron chi connectivity index (χ0n) is 10.7. The van der Waals surface area contributed by atoms with E-state index in [-0.39, 0.29) is 11.5 Å². The fourth-order valence-electron chi connectivity index (χ4n) is 2.24. The van der Waals surface area contributed by atoms with Gasteiger partial charge in [0.15, 0.2) is 0 Å². The Bertz CT molecular complexity index is 543. The number of rotatable bonds is 2. The number of piperazine rings is 1. The third-order valence-corrected chi connectivity index (χ3v) is 3.57. The molecule has 1 amide bonds. The Hall–Kier alpha value is -1.75. The number of amides is 1. The Balaban J connectivity index is 2.52. The molecule has 2 N–H and O–H groups in total. The second-order valence-corrected chi connectivity index (χ2v) is 5.37. The summed E-state index contributed by atoms with van der Waals surface area (Å²) in [6.07, 6.45) is 0. The first-order valence-electron chi connectivity index (χ1n) is 5.93. The van der Waals surface area contributed by atoms with E-state index in [1.807, 2.05) is 0 Å². The molecule has 1 heterocycles. The lowest BCUT2D eigenvalue weighted by atomic mass is 9.96. The quantitative estimate of drug-likeness (QED) is 0.867. The molecule has 1 aliphatic heterocycles. The zero-order chi connectivity index (χ0) is 14.2. The highest BCUT2D eigenvalue weighted by molar-refractivity contribution is 6.31. The summed E-state index contributed by atoms with van der Waals surface area (Å²) in [5.41, 5.74) is -0.178. The van der Waals surface area contributed by atoms with Gasteiger partial charge in [0, 0.05) is 18.1 Å². The number of hydrogen-bond donors (Lipinski definition) is 2. The smallest absolute Gasteiger partial charge is 0.337 e. The van der Waals surface area contributed by atoms with Crippen molar-refractivity contribution in [3.8, 4) is 0 Å². The number of carboxylic acid groups (broad SMARTS) is 1. The molecule has 0 unspecified atom stereocenters. The molecule has 1 aromatic rings. The molecule has 0 saturated carbocycles. The first-order chi connectivity index (χ1) is 8.84. The average Bonchev–Trinajstić information content (AvgIpc) is 2.33. The van der Waals surface area contributed by atoms with Crippen LogP contribution in [0.2, 0.25) is 5.02 Å². The molecule has 0 aliphatic carbocycles. The fraction of sp³-hybridized carbons (Fsp3) is 0.385. The molecule has 1 fully saturated rings. The van der Waals surface area contributed by atoms with Crippen LogP contribution in [0.15, 0.2) is 18.2 Å². The maximum atomic E-state index is 11.9. The van der Waals surface area contributed by atoms with Gasteiger partial charge in [-0.05, 0) is 32.0 Å². The van der Waals surface area contributed by atoms with Crippen LogP contribution in [0, 0.1) is 0 Å². The molecule has 1 aliphatic rings. The summed E-state index contributed by atoms with van der Waals surface area (Å²) in [4.78, 5) is 25.0. The predicted octanol–water partition coefficient (Wildman–Crippen LogP) is 1.75. The second kappa shape index (κ2) is 4.74. The highest BCUT2D eigenvalue weighted by Gasteiger charge is 2.39. The number of carboxylic acids is 1. The van der Waals surface area contributed by atoms with Gasteiger partial charge in [0.2, 0.25) is 5.91 Å². The number of carbonyl (C=O) groups excluding carboxylic acids is 1. The minimum Gasteiger partial charge on any atom is -0.478 e. The predicted molar refractivity (Wildman–Crippen MR) is 72.8 cm³/mol. The molecule has 6 heteroatoms. The van der Waals surface area contributed by atoms with E-state index in [1.165, 1.54) is 6.07 Å². The van der Waals surface area contributed by atoms with Gasteiger partial charge in [0.05, 0.1) is 11.3 Å². The number of nitrogens with one attached hydrogen (secondary N) is 1. The van der Waals surface area contributed by atoms with Crippen molar-refractivity contribution in [3.63, 3.8) is 0 Å². The van der Waals surface area contributed by atoms with E-state index >= 15 is 0 Å². The lowest BCUT2D eigenvalue weighted by Gasteiger charge is -2.43. The first kappa shape index (κ1) is 13.7. The van der Waals surface area contributed by atoms with Crippen molar-refractivity contribution in [2.45, 2.75) is 19.4 Å². The van der Waals surface area contributed by atoms with Crippen LogP contribution in [-0.4, -0.2) is 35.6 Å². The Morgan fingerprint density at radius 1 is 1.47 bits per heavy atom. The molecule has 0 bridgehead atoms. The molecule has 0 spiro atoms. The maximum Gasteiger partial charge on any atom is 0.337 e. The summed E-state index contributed by atoms with van der Waals surface area (Å²) in [7, 11) is 0. The van der Waals surface area contributed by atoms with E-state index in [4.69, 9.17) is 11.6 Å². The van der Waals surface area contributed by atoms with Crippen LogP contribution in [0.5, 0.6) is 0 Å². The number of hydrogen-bond acceptors (Lipinski definition) is 3. The molecule has 0 atom stereocenters. The number of carbonyl (C=O) groups is 2. The summed E-state index contributed by atoms with van der Waals surface area (Å²) in [6, 6.07) is 4.68. The third-order valence-electron chi connectivity index (χ3n) is 3.33. The van der Waals surface area contributed by atoms with Crippen LogP contribution in [0.4, 0.5) is 5.69 Å². The number of aromatic carboxylic acids is 1. The molecule has 2 rings (SSSR count). The van der Waals surface area contributed by atoms with Gasteiger partial charge in [0.25, 0.3) is 0 Å². The molecule has 19 heavy (non-hydrogen) atoms. The van der Waals surface area contributed by atoms with Crippen LogP contribution in [0.3, 0.4) is 0 Å². The van der Waals surface area contributed by atoms with Gasteiger partial charge < -0.3 is 15.3 Å². The van der Waals surface area contributed by atoms with Gasteiger partial charge in [0.1, 0.15) is 5.54 Å². The third kappa shape index (κ3) is 2.38. The molecular weight excluding hydrogens is 268 g/mol. The lowest BCUT2D eigenvalue weighted by molar-refractivity contribution is -0.126. The second-order valence-electron chi connectivity index (χ2n) is 4.93. The number of anilines is 1. The van der Waals surface area contributed by atoms with Gasteiger partial charge in [-0.25, -0.2) is 4.79 Å². The number of nitrogens with zero attached hydrogens (tertiary/aromatic N) is 1. The van der Waals surface area contributed by atoms with Crippen molar-refractivity contribution in [1.82, 2.24) is 5.32 Å². The zero-order valence-corrected chi connectivity index (χ0v) is 11.5. The van der Waals surface area contributed by atoms with Crippen molar-refractivity contribution >= 4 is 29.2 Å². The Morgan fingerprint density at radius 2 is 2.16 bits per heavy atom. The summed E-state index contributed by atoms with van der Waals surface area (Å²) in [5, 5.41) is 12.4.